The van der Waals surface area contributed by atoms with Gasteiger partial charge >= 0.3 is 5.97 Å². The van der Waals surface area contributed by atoms with Crippen molar-refractivity contribution in [2.45, 2.75) is 12.8 Å². The van der Waals surface area contributed by atoms with E-state index in [9.17, 15) is 14.4 Å². The molecule has 0 amide bonds. The average molecular weight is 188 g/mol. The minimum Gasteiger partial charge on any atom is -0.481 e. The van der Waals surface area contributed by atoms with Crippen molar-refractivity contribution in [3.8, 4) is 0 Å². The third kappa shape index (κ3) is 2.07. The van der Waals surface area contributed by atoms with Crippen LogP contribution in [0.5, 0.6) is 0 Å². The Morgan fingerprint density at radius 3 is 2.83 bits per heavy atom. The topological polar surface area (TPSA) is 71.4 Å². The zero-order valence-corrected chi connectivity index (χ0v) is 7.10. The normalized spacial score (nSPS) is 24.2. The fourth-order valence-electron chi connectivity index (χ4n) is 1.07. The van der Waals surface area contributed by atoms with E-state index in [1.165, 1.54) is 0 Å². The van der Waals surface area contributed by atoms with E-state index >= 15 is 0 Å². The van der Waals surface area contributed by atoms with E-state index in [-0.39, 0.29) is 6.42 Å². The number of hydrogen-bond acceptors (Lipinski definition) is 4. The number of thioether (sulfide) groups is 1. The molecule has 0 spiro atoms. The van der Waals surface area contributed by atoms with Gasteiger partial charge in [-0.3, -0.25) is 14.4 Å². The number of carboxylic acid groups (broad SMARTS) is 1. The van der Waals surface area contributed by atoms with Crippen LogP contribution in [0.4, 0.5) is 0 Å². The fourth-order valence-corrected chi connectivity index (χ4v) is 1.97. The highest BCUT2D eigenvalue weighted by atomic mass is 32.2. The van der Waals surface area contributed by atoms with Gasteiger partial charge in [0, 0.05) is 11.7 Å². The van der Waals surface area contributed by atoms with Gasteiger partial charge < -0.3 is 5.11 Å². The van der Waals surface area contributed by atoms with Gasteiger partial charge in [-0.1, -0.05) is 11.8 Å². The Labute approximate surface area is 73.3 Å². The van der Waals surface area contributed by atoms with Crippen LogP contribution in [0.1, 0.15) is 12.8 Å². The second kappa shape index (κ2) is 3.71. The summed E-state index contributed by atoms with van der Waals surface area (Å²) in [6, 6.07) is 0. The Balaban J connectivity index is 2.58. The van der Waals surface area contributed by atoms with Gasteiger partial charge in [-0.05, 0) is 6.42 Å². The van der Waals surface area contributed by atoms with Crippen molar-refractivity contribution < 1.29 is 19.5 Å². The predicted octanol–water partition coefficient (Wildman–Crippen LogP) is 0.310. The molecule has 1 heterocycles. The molecule has 1 aliphatic rings. The first kappa shape index (κ1) is 9.25. The molecule has 1 fully saturated rings. The van der Waals surface area contributed by atoms with Crippen molar-refractivity contribution in [1.29, 1.82) is 0 Å². The molecule has 0 radical (unpaired) electrons. The Kier molecular flexibility index (Phi) is 2.86. The van der Waals surface area contributed by atoms with Gasteiger partial charge in [0.2, 0.25) is 5.78 Å². The third-order valence-corrected chi connectivity index (χ3v) is 2.60. The van der Waals surface area contributed by atoms with Gasteiger partial charge in [0.25, 0.3) is 5.12 Å². The second-order valence-corrected chi connectivity index (χ2v) is 3.65. The Bertz CT molecular complexity index is 236. The average Bonchev–Trinajstić information content (AvgIpc) is 1.98. The Morgan fingerprint density at radius 1 is 1.58 bits per heavy atom. The molecule has 0 aromatic rings. The lowest BCUT2D eigenvalue weighted by atomic mass is 9.97. The summed E-state index contributed by atoms with van der Waals surface area (Å²) in [5.74, 6) is -1.58. The van der Waals surface area contributed by atoms with Crippen molar-refractivity contribution in [2.75, 3.05) is 5.75 Å². The summed E-state index contributed by atoms with van der Waals surface area (Å²) in [4.78, 5) is 32.1. The summed E-state index contributed by atoms with van der Waals surface area (Å²) in [5.41, 5.74) is 0. The molecule has 0 bridgehead atoms. The first-order chi connectivity index (χ1) is 5.61. The summed E-state index contributed by atoms with van der Waals surface area (Å²) in [7, 11) is 0. The van der Waals surface area contributed by atoms with Crippen LogP contribution in [-0.2, 0) is 14.4 Å². The minimum atomic E-state index is -1.02. The lowest BCUT2D eigenvalue weighted by Crippen LogP contribution is -2.28. The highest BCUT2D eigenvalue weighted by Crippen LogP contribution is 2.23. The maximum Gasteiger partial charge on any atom is 0.304 e. The van der Waals surface area contributed by atoms with E-state index in [2.05, 4.69) is 0 Å². The van der Waals surface area contributed by atoms with Crippen LogP contribution in [-0.4, -0.2) is 27.7 Å². The monoisotopic (exact) mass is 188 g/mol. The highest BCUT2D eigenvalue weighted by Gasteiger charge is 2.31. The summed E-state index contributed by atoms with van der Waals surface area (Å²) >= 11 is 0.976. The molecule has 0 aliphatic carbocycles. The lowest BCUT2D eigenvalue weighted by molar-refractivity contribution is -0.142. The summed E-state index contributed by atoms with van der Waals surface area (Å²) in [6.45, 7) is 0. The molecule has 5 heteroatoms. The molecule has 1 atom stereocenters. The molecule has 1 N–H and O–H groups in total. The second-order valence-electron chi connectivity index (χ2n) is 2.58. The first-order valence-corrected chi connectivity index (χ1v) is 4.52. The van der Waals surface area contributed by atoms with Crippen LogP contribution < -0.4 is 0 Å². The number of carbonyl (C=O) groups excluding carboxylic acids is 2. The van der Waals surface area contributed by atoms with Gasteiger partial charge in [0.15, 0.2) is 0 Å². The Hall–Kier alpha value is -0.840. The molecule has 4 nitrogen and oxygen atoms in total. The summed E-state index contributed by atoms with van der Waals surface area (Å²) in [5, 5.41) is 7.91. The van der Waals surface area contributed by atoms with Crippen LogP contribution in [0, 0.1) is 5.92 Å². The maximum atomic E-state index is 11.0. The molecular weight excluding hydrogens is 180 g/mol. The quantitative estimate of drug-likeness (QED) is 0.631. The van der Waals surface area contributed by atoms with Crippen LogP contribution in [0.25, 0.3) is 0 Å². The van der Waals surface area contributed by atoms with Gasteiger partial charge in [-0.2, -0.15) is 0 Å². The molecular formula is C7H8O4S. The van der Waals surface area contributed by atoms with Crippen molar-refractivity contribution >= 4 is 28.6 Å². The molecule has 0 saturated carbocycles. The van der Waals surface area contributed by atoms with Crippen LogP contribution in [0.3, 0.4) is 0 Å². The molecule has 1 unspecified atom stereocenters. The van der Waals surface area contributed by atoms with E-state index in [4.69, 9.17) is 5.11 Å². The third-order valence-electron chi connectivity index (χ3n) is 1.69. The van der Waals surface area contributed by atoms with Crippen molar-refractivity contribution in [2.24, 2.45) is 5.92 Å². The molecule has 0 aromatic heterocycles. The van der Waals surface area contributed by atoms with E-state index in [0.717, 1.165) is 11.8 Å². The smallest absolute Gasteiger partial charge is 0.304 e. The molecule has 0 aromatic carbocycles. The van der Waals surface area contributed by atoms with E-state index in [1.807, 2.05) is 0 Å². The van der Waals surface area contributed by atoms with Gasteiger partial charge in [-0.15, -0.1) is 0 Å². The van der Waals surface area contributed by atoms with Gasteiger partial charge in [0.05, 0.1) is 6.42 Å². The van der Waals surface area contributed by atoms with Crippen LogP contribution in [0.2, 0.25) is 0 Å². The van der Waals surface area contributed by atoms with Crippen molar-refractivity contribution in [3.05, 3.63) is 0 Å². The van der Waals surface area contributed by atoms with Crippen LogP contribution >= 0.6 is 11.8 Å². The zero-order chi connectivity index (χ0) is 9.14. The zero-order valence-electron chi connectivity index (χ0n) is 6.28. The molecule has 1 saturated heterocycles. The van der Waals surface area contributed by atoms with Crippen molar-refractivity contribution in [1.82, 2.24) is 0 Å². The van der Waals surface area contributed by atoms with Crippen molar-refractivity contribution in [3.63, 3.8) is 0 Å². The lowest BCUT2D eigenvalue weighted by Gasteiger charge is -2.16. The Morgan fingerprint density at radius 2 is 2.25 bits per heavy atom. The number of carbonyl (C=O) groups is 3. The van der Waals surface area contributed by atoms with Gasteiger partial charge in [-0.25, -0.2) is 0 Å². The highest BCUT2D eigenvalue weighted by molar-refractivity contribution is 8.15. The molecule has 12 heavy (non-hydrogen) atoms. The largest absolute Gasteiger partial charge is 0.481 e. The number of rotatable bonds is 2. The number of Topliss-reactive ketones (excluding diaryl/α,β-unsaturated/α-hetero) is 1. The number of hydrogen-bond donors (Lipinski definition) is 1. The summed E-state index contributed by atoms with van der Waals surface area (Å²) in [6.07, 6.45) is 0.284. The molecule has 1 rings (SSSR count). The standard InChI is InChI=1S/C7H8O4S/c8-5(9)3-4-1-2-12-7(11)6(4)10/h4H,1-3H2,(H,8,9). The predicted molar refractivity (Wildman–Crippen MR) is 42.8 cm³/mol. The minimum absolute atomic E-state index is 0.217. The van der Waals surface area contributed by atoms with E-state index < -0.39 is 22.8 Å². The van der Waals surface area contributed by atoms with Crippen LogP contribution in [0.15, 0.2) is 0 Å². The number of ketones is 1. The molecule has 1 aliphatic heterocycles. The van der Waals surface area contributed by atoms with Gasteiger partial charge in [0.1, 0.15) is 0 Å². The number of aliphatic carboxylic acids is 1. The SMILES string of the molecule is O=C(O)CC1CCSC(=O)C1=O. The maximum absolute atomic E-state index is 11.0. The first-order valence-electron chi connectivity index (χ1n) is 3.54. The number of carboxylic acids is 1. The van der Waals surface area contributed by atoms with E-state index in [1.54, 1.807) is 0 Å². The molecule has 66 valence electrons. The van der Waals surface area contributed by atoms with E-state index in [0.29, 0.717) is 12.2 Å². The summed E-state index contributed by atoms with van der Waals surface area (Å²) < 4.78 is 0. The fraction of sp³-hybridized carbons (Fsp3) is 0.571.